The fourth-order valence-corrected chi connectivity index (χ4v) is 3.06. The van der Waals surface area contributed by atoms with Crippen LogP contribution in [0.15, 0.2) is 72.8 Å². The highest BCUT2D eigenvalue weighted by molar-refractivity contribution is 5.67. The van der Waals surface area contributed by atoms with Crippen LogP contribution in [0, 0.1) is 6.42 Å². The van der Waals surface area contributed by atoms with Crippen LogP contribution < -0.4 is 9.47 Å². The summed E-state index contributed by atoms with van der Waals surface area (Å²) < 4.78 is 10.8. The van der Waals surface area contributed by atoms with Crippen molar-refractivity contribution in [1.82, 2.24) is 0 Å². The van der Waals surface area contributed by atoms with Crippen molar-refractivity contribution in [3.05, 3.63) is 90.3 Å². The van der Waals surface area contributed by atoms with E-state index in [2.05, 4.69) is 73.2 Å². The lowest BCUT2D eigenvalue weighted by Crippen LogP contribution is -1.94. The fraction of sp³-hybridized carbons (Fsp3) is 0.136. The van der Waals surface area contributed by atoms with Gasteiger partial charge in [-0.15, -0.1) is 0 Å². The highest BCUT2D eigenvalue weighted by Crippen LogP contribution is 2.33. The average molecular weight is 315 g/mol. The Labute approximate surface area is 142 Å². The summed E-state index contributed by atoms with van der Waals surface area (Å²) in [5, 5.41) is 0. The number of hydrogen-bond acceptors (Lipinski definition) is 2. The lowest BCUT2D eigenvalue weighted by atomic mass is 9.95. The van der Waals surface area contributed by atoms with Gasteiger partial charge in [0.2, 0.25) is 6.79 Å². The van der Waals surface area contributed by atoms with Gasteiger partial charge in [0.15, 0.2) is 11.5 Å². The summed E-state index contributed by atoms with van der Waals surface area (Å²) in [5.74, 6) is 1.69. The summed E-state index contributed by atoms with van der Waals surface area (Å²) in [6, 6.07) is 25.3. The summed E-state index contributed by atoms with van der Waals surface area (Å²) in [7, 11) is 0. The first-order valence-corrected chi connectivity index (χ1v) is 8.24. The van der Waals surface area contributed by atoms with Gasteiger partial charge < -0.3 is 9.47 Å². The summed E-state index contributed by atoms with van der Waals surface area (Å²) >= 11 is 0. The number of ether oxygens (including phenoxy) is 2. The highest BCUT2D eigenvalue weighted by Gasteiger charge is 2.13. The second-order valence-corrected chi connectivity index (χ2v) is 5.91. The first-order valence-electron chi connectivity index (χ1n) is 8.24. The van der Waals surface area contributed by atoms with Crippen molar-refractivity contribution >= 4 is 0 Å². The lowest BCUT2D eigenvalue weighted by molar-refractivity contribution is 0.174. The van der Waals surface area contributed by atoms with E-state index in [-0.39, 0.29) is 0 Å². The van der Waals surface area contributed by atoms with Crippen LogP contribution in [0.2, 0.25) is 0 Å². The van der Waals surface area contributed by atoms with E-state index in [4.69, 9.17) is 9.47 Å². The lowest BCUT2D eigenvalue weighted by Gasteiger charge is -2.10. The molecule has 3 aromatic carbocycles. The molecule has 0 aromatic heterocycles. The molecule has 2 heteroatoms. The molecule has 0 fully saturated rings. The monoisotopic (exact) mass is 315 g/mol. The van der Waals surface area contributed by atoms with E-state index in [1.165, 1.54) is 22.3 Å². The van der Waals surface area contributed by atoms with Gasteiger partial charge in [-0.2, -0.15) is 0 Å². The van der Waals surface area contributed by atoms with Crippen molar-refractivity contribution < 1.29 is 9.47 Å². The van der Waals surface area contributed by atoms with Crippen LogP contribution in [0.25, 0.3) is 11.1 Å². The van der Waals surface area contributed by atoms with E-state index >= 15 is 0 Å². The summed E-state index contributed by atoms with van der Waals surface area (Å²) in [4.78, 5) is 0. The molecule has 119 valence electrons. The van der Waals surface area contributed by atoms with E-state index < -0.39 is 0 Å². The first-order chi connectivity index (χ1) is 11.9. The Morgan fingerprint density at radius 2 is 1.54 bits per heavy atom. The Kier molecular flexibility index (Phi) is 4.20. The molecule has 0 amide bonds. The van der Waals surface area contributed by atoms with Gasteiger partial charge in [0.25, 0.3) is 0 Å². The van der Waals surface area contributed by atoms with Crippen LogP contribution in [0.3, 0.4) is 0 Å². The summed E-state index contributed by atoms with van der Waals surface area (Å²) in [6.07, 6.45) is 4.18. The SMILES string of the molecule is [CH](Cc1ccc2c(c1)OCO2)Cc1ccccc1-c1ccccc1. The zero-order chi connectivity index (χ0) is 16.2. The molecule has 2 nitrogen and oxygen atoms in total. The van der Waals surface area contributed by atoms with Gasteiger partial charge in [-0.1, -0.05) is 60.7 Å². The van der Waals surface area contributed by atoms with Crippen molar-refractivity contribution in [3.8, 4) is 22.6 Å². The Bertz CT molecular complexity index is 824. The largest absolute Gasteiger partial charge is 0.454 e. The van der Waals surface area contributed by atoms with E-state index in [1.807, 2.05) is 6.07 Å². The molecule has 4 rings (SSSR count). The minimum Gasteiger partial charge on any atom is -0.454 e. The molecule has 0 atom stereocenters. The normalized spacial score (nSPS) is 12.3. The molecule has 0 saturated carbocycles. The fourth-order valence-electron chi connectivity index (χ4n) is 3.06. The van der Waals surface area contributed by atoms with Crippen LogP contribution in [0.5, 0.6) is 11.5 Å². The second kappa shape index (κ2) is 6.79. The van der Waals surface area contributed by atoms with Gasteiger partial charge in [-0.3, -0.25) is 0 Å². The molecule has 0 bridgehead atoms. The molecule has 1 radical (unpaired) electrons. The number of benzene rings is 3. The molecule has 1 aliphatic heterocycles. The average Bonchev–Trinajstić information content (AvgIpc) is 3.11. The van der Waals surface area contributed by atoms with Gasteiger partial charge in [0, 0.05) is 0 Å². The highest BCUT2D eigenvalue weighted by atomic mass is 16.7. The predicted molar refractivity (Wildman–Crippen MR) is 96.2 cm³/mol. The third kappa shape index (κ3) is 3.13. The smallest absolute Gasteiger partial charge is 0.231 e. The molecule has 24 heavy (non-hydrogen) atoms. The number of fused-ring (bicyclic) bond motifs is 1. The standard InChI is InChI=1S/C22H19O2/c1-2-8-18(9-3-1)20-12-5-4-10-19(20)11-6-7-17-13-14-21-22(15-17)24-16-23-21/h1-6,8-10,12-15H,7,11,16H2. The van der Waals surface area contributed by atoms with E-state index in [0.29, 0.717) is 6.79 Å². The first kappa shape index (κ1) is 14.8. The Balaban J connectivity index is 1.45. The molecule has 0 aliphatic carbocycles. The zero-order valence-electron chi connectivity index (χ0n) is 13.4. The van der Waals surface area contributed by atoms with Crippen molar-refractivity contribution in [1.29, 1.82) is 0 Å². The molecule has 0 unspecified atom stereocenters. The van der Waals surface area contributed by atoms with Crippen LogP contribution in [-0.2, 0) is 12.8 Å². The minimum atomic E-state index is 0.326. The van der Waals surface area contributed by atoms with Gasteiger partial charge in [0.1, 0.15) is 0 Å². The maximum absolute atomic E-state index is 5.44. The minimum absolute atomic E-state index is 0.326. The van der Waals surface area contributed by atoms with Crippen LogP contribution in [-0.4, -0.2) is 6.79 Å². The molecular weight excluding hydrogens is 296 g/mol. The molecule has 3 aromatic rings. The molecule has 0 N–H and O–H groups in total. The topological polar surface area (TPSA) is 18.5 Å². The van der Waals surface area contributed by atoms with Crippen LogP contribution >= 0.6 is 0 Å². The molecule has 0 spiro atoms. The van der Waals surface area contributed by atoms with Gasteiger partial charge in [0.05, 0.1) is 0 Å². The Morgan fingerprint density at radius 3 is 2.46 bits per heavy atom. The zero-order valence-corrected chi connectivity index (χ0v) is 13.4. The second-order valence-electron chi connectivity index (χ2n) is 5.91. The quantitative estimate of drug-likeness (QED) is 0.654. The van der Waals surface area contributed by atoms with Crippen molar-refractivity contribution in [3.63, 3.8) is 0 Å². The predicted octanol–water partition coefficient (Wildman–Crippen LogP) is 5.07. The molecule has 1 aliphatic rings. The Morgan fingerprint density at radius 1 is 0.750 bits per heavy atom. The maximum atomic E-state index is 5.44. The summed E-state index contributed by atoms with van der Waals surface area (Å²) in [5.41, 5.74) is 5.17. The molecule has 0 saturated heterocycles. The van der Waals surface area contributed by atoms with Crippen molar-refractivity contribution in [2.24, 2.45) is 0 Å². The van der Waals surface area contributed by atoms with Gasteiger partial charge in [-0.25, -0.2) is 0 Å². The van der Waals surface area contributed by atoms with Crippen LogP contribution in [0.4, 0.5) is 0 Å². The van der Waals surface area contributed by atoms with Gasteiger partial charge >= 0.3 is 0 Å². The van der Waals surface area contributed by atoms with Gasteiger partial charge in [-0.05, 0) is 53.6 Å². The Hall–Kier alpha value is -2.74. The van der Waals surface area contributed by atoms with E-state index in [0.717, 1.165) is 24.3 Å². The van der Waals surface area contributed by atoms with E-state index in [1.54, 1.807) is 0 Å². The molecule has 1 heterocycles. The number of hydrogen-bond donors (Lipinski definition) is 0. The van der Waals surface area contributed by atoms with Crippen molar-refractivity contribution in [2.45, 2.75) is 12.8 Å². The molecular formula is C22H19O2. The van der Waals surface area contributed by atoms with Crippen molar-refractivity contribution in [2.75, 3.05) is 6.79 Å². The third-order valence-corrected chi connectivity index (χ3v) is 4.28. The maximum Gasteiger partial charge on any atom is 0.231 e. The number of rotatable bonds is 5. The summed E-state index contributed by atoms with van der Waals surface area (Å²) in [6.45, 7) is 0.326. The van der Waals surface area contributed by atoms with Crippen LogP contribution in [0.1, 0.15) is 11.1 Å². The third-order valence-electron chi connectivity index (χ3n) is 4.28. The van der Waals surface area contributed by atoms with E-state index in [9.17, 15) is 0 Å².